The third-order valence-electron chi connectivity index (χ3n) is 4.71. The summed E-state index contributed by atoms with van der Waals surface area (Å²) in [6.07, 6.45) is 5.03. The normalized spacial score (nSPS) is 20.0. The van der Waals surface area contributed by atoms with Crippen LogP contribution in [0.5, 0.6) is 0 Å². The molecule has 1 aromatic carbocycles. The van der Waals surface area contributed by atoms with Gasteiger partial charge in [0.25, 0.3) is 0 Å². The van der Waals surface area contributed by atoms with Gasteiger partial charge in [-0.1, -0.05) is 49.4 Å². The molecule has 0 radical (unpaired) electrons. The van der Waals surface area contributed by atoms with Crippen LogP contribution in [-0.2, 0) is 16.1 Å². The van der Waals surface area contributed by atoms with Crippen molar-refractivity contribution in [2.24, 2.45) is 5.92 Å². The van der Waals surface area contributed by atoms with Gasteiger partial charge in [-0.25, -0.2) is 4.79 Å². The molecule has 7 nitrogen and oxygen atoms in total. The van der Waals surface area contributed by atoms with Crippen molar-refractivity contribution in [1.82, 2.24) is 16.0 Å². The number of aliphatic carboxylic acids is 1. The average molecular weight is 396 g/mol. The van der Waals surface area contributed by atoms with E-state index in [0.29, 0.717) is 24.4 Å². The summed E-state index contributed by atoms with van der Waals surface area (Å²) in [5.74, 6) is -1.84. The SMILES string of the molecule is O=C(CNC(=O)NCc1ccc(Cl)cc1)NC1CCCCCCC1C(=O)O. The number of carbonyl (C=O) groups is 3. The number of benzene rings is 1. The van der Waals surface area contributed by atoms with Gasteiger partial charge < -0.3 is 21.1 Å². The first-order valence-corrected chi connectivity index (χ1v) is 9.62. The van der Waals surface area contributed by atoms with Gasteiger partial charge in [0, 0.05) is 17.6 Å². The largest absolute Gasteiger partial charge is 0.481 e. The van der Waals surface area contributed by atoms with Gasteiger partial charge in [-0.3, -0.25) is 9.59 Å². The third kappa shape index (κ3) is 7.46. The highest BCUT2D eigenvalue weighted by Crippen LogP contribution is 2.23. The molecule has 8 heteroatoms. The fourth-order valence-corrected chi connectivity index (χ4v) is 3.34. The summed E-state index contributed by atoms with van der Waals surface area (Å²) in [6.45, 7) is 0.115. The summed E-state index contributed by atoms with van der Waals surface area (Å²) in [4.78, 5) is 35.4. The first-order valence-electron chi connectivity index (χ1n) is 9.24. The van der Waals surface area contributed by atoms with Crippen molar-refractivity contribution in [3.05, 3.63) is 34.9 Å². The quantitative estimate of drug-likeness (QED) is 0.593. The number of carboxylic acids is 1. The van der Waals surface area contributed by atoms with E-state index in [-0.39, 0.29) is 12.5 Å². The lowest BCUT2D eigenvalue weighted by molar-refractivity contribution is -0.143. The summed E-state index contributed by atoms with van der Waals surface area (Å²) >= 11 is 5.81. The van der Waals surface area contributed by atoms with Gasteiger partial charge in [0.2, 0.25) is 5.91 Å². The summed E-state index contributed by atoms with van der Waals surface area (Å²) in [7, 11) is 0. The second-order valence-electron chi connectivity index (χ2n) is 6.77. The Morgan fingerprint density at radius 1 is 1.00 bits per heavy atom. The van der Waals surface area contributed by atoms with Gasteiger partial charge in [-0.05, 0) is 30.5 Å². The maximum absolute atomic E-state index is 12.1. The van der Waals surface area contributed by atoms with E-state index >= 15 is 0 Å². The number of carbonyl (C=O) groups excluding carboxylic acids is 2. The Labute approximate surface area is 163 Å². The van der Waals surface area contributed by atoms with Gasteiger partial charge in [-0.2, -0.15) is 0 Å². The zero-order chi connectivity index (χ0) is 19.6. The van der Waals surface area contributed by atoms with E-state index < -0.39 is 24.0 Å². The Kier molecular flexibility index (Phi) is 8.39. The molecule has 0 spiro atoms. The van der Waals surface area contributed by atoms with Crippen molar-refractivity contribution in [2.45, 2.75) is 51.1 Å². The summed E-state index contributed by atoms with van der Waals surface area (Å²) in [5, 5.41) is 18.0. The van der Waals surface area contributed by atoms with E-state index in [1.807, 2.05) is 0 Å². The number of urea groups is 1. The molecular weight excluding hydrogens is 370 g/mol. The van der Waals surface area contributed by atoms with E-state index in [1.54, 1.807) is 24.3 Å². The molecule has 1 aromatic rings. The fourth-order valence-electron chi connectivity index (χ4n) is 3.22. The lowest BCUT2D eigenvalue weighted by Gasteiger charge is -2.27. The van der Waals surface area contributed by atoms with Crippen molar-refractivity contribution in [1.29, 1.82) is 0 Å². The van der Waals surface area contributed by atoms with Crippen molar-refractivity contribution < 1.29 is 19.5 Å². The minimum absolute atomic E-state index is 0.199. The van der Waals surface area contributed by atoms with Crippen LogP contribution in [-0.4, -0.2) is 35.6 Å². The van der Waals surface area contributed by atoms with Gasteiger partial charge in [0.15, 0.2) is 0 Å². The van der Waals surface area contributed by atoms with E-state index in [9.17, 15) is 19.5 Å². The summed E-state index contributed by atoms with van der Waals surface area (Å²) in [5.41, 5.74) is 0.887. The van der Waals surface area contributed by atoms with Gasteiger partial charge in [0.1, 0.15) is 0 Å². The molecule has 0 heterocycles. The van der Waals surface area contributed by atoms with Gasteiger partial charge in [0.05, 0.1) is 12.5 Å². The van der Waals surface area contributed by atoms with Crippen LogP contribution in [0, 0.1) is 5.92 Å². The number of rotatable bonds is 6. The number of amides is 3. The van der Waals surface area contributed by atoms with Crippen molar-refractivity contribution in [2.75, 3.05) is 6.54 Å². The number of hydrogen-bond acceptors (Lipinski definition) is 3. The molecule has 0 saturated heterocycles. The van der Waals surface area contributed by atoms with Crippen LogP contribution in [0.3, 0.4) is 0 Å². The lowest BCUT2D eigenvalue weighted by Crippen LogP contribution is -2.48. The molecular formula is C19H26ClN3O4. The first-order chi connectivity index (χ1) is 13.0. The average Bonchev–Trinajstić information content (AvgIpc) is 2.61. The monoisotopic (exact) mass is 395 g/mol. The minimum Gasteiger partial charge on any atom is -0.481 e. The number of halogens is 1. The molecule has 2 atom stereocenters. The molecule has 1 aliphatic rings. The highest BCUT2D eigenvalue weighted by Gasteiger charge is 2.29. The molecule has 27 heavy (non-hydrogen) atoms. The van der Waals surface area contributed by atoms with E-state index in [1.165, 1.54) is 0 Å². The maximum Gasteiger partial charge on any atom is 0.315 e. The molecule has 4 N–H and O–H groups in total. The highest BCUT2D eigenvalue weighted by atomic mass is 35.5. The second-order valence-corrected chi connectivity index (χ2v) is 7.21. The van der Waals surface area contributed by atoms with Crippen LogP contribution in [0.4, 0.5) is 4.79 Å². The van der Waals surface area contributed by atoms with E-state index in [2.05, 4.69) is 16.0 Å². The number of carboxylic acid groups (broad SMARTS) is 1. The summed E-state index contributed by atoms with van der Waals surface area (Å²) < 4.78 is 0. The molecule has 0 aliphatic heterocycles. The van der Waals surface area contributed by atoms with Crippen LogP contribution in [0.25, 0.3) is 0 Å². The Bertz CT molecular complexity index is 651. The van der Waals surface area contributed by atoms with E-state index in [4.69, 9.17) is 11.6 Å². The molecule has 0 aromatic heterocycles. The molecule has 1 saturated carbocycles. The van der Waals surface area contributed by atoms with Crippen LogP contribution in [0.15, 0.2) is 24.3 Å². The van der Waals surface area contributed by atoms with Crippen LogP contribution < -0.4 is 16.0 Å². The molecule has 1 aliphatic carbocycles. The molecule has 148 valence electrons. The topological polar surface area (TPSA) is 108 Å². The fraction of sp³-hybridized carbons (Fsp3) is 0.526. The zero-order valence-electron chi connectivity index (χ0n) is 15.2. The molecule has 2 unspecified atom stereocenters. The van der Waals surface area contributed by atoms with Crippen molar-refractivity contribution in [3.63, 3.8) is 0 Å². The first kappa shape index (κ1) is 21.0. The van der Waals surface area contributed by atoms with E-state index in [0.717, 1.165) is 31.2 Å². The Hall–Kier alpha value is -2.28. The van der Waals surface area contributed by atoms with Crippen molar-refractivity contribution in [3.8, 4) is 0 Å². The lowest BCUT2D eigenvalue weighted by atomic mass is 9.87. The minimum atomic E-state index is -0.879. The van der Waals surface area contributed by atoms with Gasteiger partial charge >= 0.3 is 12.0 Å². The predicted octanol–water partition coefficient (Wildman–Crippen LogP) is 2.68. The Balaban J connectivity index is 1.75. The van der Waals surface area contributed by atoms with Crippen LogP contribution >= 0.6 is 11.6 Å². The predicted molar refractivity (Wildman–Crippen MR) is 102 cm³/mol. The zero-order valence-corrected chi connectivity index (χ0v) is 15.9. The smallest absolute Gasteiger partial charge is 0.315 e. The number of hydrogen-bond donors (Lipinski definition) is 4. The van der Waals surface area contributed by atoms with Crippen LogP contribution in [0.1, 0.15) is 44.1 Å². The molecule has 0 bridgehead atoms. The second kappa shape index (κ2) is 10.8. The summed E-state index contributed by atoms with van der Waals surface area (Å²) in [6, 6.07) is 6.21. The Morgan fingerprint density at radius 2 is 1.67 bits per heavy atom. The number of nitrogens with one attached hydrogen (secondary N) is 3. The Morgan fingerprint density at radius 3 is 2.33 bits per heavy atom. The highest BCUT2D eigenvalue weighted by molar-refractivity contribution is 6.30. The molecule has 2 rings (SSSR count). The molecule has 3 amide bonds. The van der Waals surface area contributed by atoms with Crippen LogP contribution in [0.2, 0.25) is 5.02 Å². The van der Waals surface area contributed by atoms with Crippen molar-refractivity contribution >= 4 is 29.5 Å². The maximum atomic E-state index is 12.1. The third-order valence-corrected chi connectivity index (χ3v) is 4.96. The van der Waals surface area contributed by atoms with Gasteiger partial charge in [-0.15, -0.1) is 0 Å². The standard InChI is InChI=1S/C19H26ClN3O4/c20-14-9-7-13(8-10-14)11-21-19(27)22-12-17(24)23-16-6-4-2-1-3-5-15(16)18(25)26/h7-10,15-16H,1-6,11-12H2,(H,23,24)(H,25,26)(H2,21,22,27). The molecule has 1 fully saturated rings.